The molecule has 202 valence electrons. The minimum absolute atomic E-state index is 0. The summed E-state index contributed by atoms with van der Waals surface area (Å²) in [6.07, 6.45) is 0. The van der Waals surface area contributed by atoms with Crippen molar-refractivity contribution in [2.24, 2.45) is 0 Å². The van der Waals surface area contributed by atoms with Gasteiger partial charge in [-0.15, -0.1) is 12.4 Å². The first-order chi connectivity index (χ1) is 17.2. The number of carbonyl (C=O) groups excluding carboxylic acids is 1. The average molecular weight is 588 g/mol. The summed E-state index contributed by atoms with van der Waals surface area (Å²) in [6, 6.07) is 9.89. The maximum atomic E-state index is 13.7. The molecule has 0 N–H and O–H groups in total. The molecule has 2 aromatic carbocycles. The third kappa shape index (κ3) is 6.62. The summed E-state index contributed by atoms with van der Waals surface area (Å²) < 4.78 is 33.5. The Labute approximate surface area is 233 Å². The van der Waals surface area contributed by atoms with Gasteiger partial charge in [0.25, 0.3) is 5.91 Å². The first-order valence-corrected chi connectivity index (χ1v) is 14.7. The second-order valence-electron chi connectivity index (χ2n) is 8.59. The Morgan fingerprint density at radius 1 is 1.14 bits per heavy atom. The lowest BCUT2D eigenvalue weighted by Gasteiger charge is -2.29. The van der Waals surface area contributed by atoms with Gasteiger partial charge in [-0.05, 0) is 48.9 Å². The van der Waals surface area contributed by atoms with E-state index in [9.17, 15) is 13.2 Å². The molecule has 0 unspecified atom stereocenters. The Hall–Kier alpha value is -1.79. The molecule has 0 spiro atoms. The van der Waals surface area contributed by atoms with E-state index in [1.165, 1.54) is 27.8 Å². The van der Waals surface area contributed by atoms with Crippen LogP contribution in [-0.2, 0) is 14.8 Å². The maximum Gasteiger partial charge on any atom is 0.260 e. The molecule has 0 atom stereocenters. The molecule has 1 fully saturated rings. The van der Waals surface area contributed by atoms with E-state index < -0.39 is 10.0 Å². The van der Waals surface area contributed by atoms with E-state index in [4.69, 9.17) is 21.3 Å². The molecule has 4 rings (SSSR count). The number of aromatic nitrogens is 1. The number of fused-ring (bicyclic) bond motifs is 1. The first kappa shape index (κ1) is 29.8. The number of rotatable bonds is 9. The van der Waals surface area contributed by atoms with Gasteiger partial charge in [0.05, 0.1) is 28.3 Å². The van der Waals surface area contributed by atoms with Crippen LogP contribution in [0.5, 0.6) is 0 Å². The molecule has 3 aromatic rings. The van der Waals surface area contributed by atoms with Crippen molar-refractivity contribution < 1.29 is 17.9 Å². The second kappa shape index (κ2) is 12.8. The van der Waals surface area contributed by atoms with Crippen molar-refractivity contribution in [1.29, 1.82) is 0 Å². The number of ether oxygens (including phenoxy) is 1. The number of benzene rings is 2. The fourth-order valence-electron chi connectivity index (χ4n) is 4.25. The number of morpholine rings is 1. The van der Waals surface area contributed by atoms with Gasteiger partial charge in [0.15, 0.2) is 5.13 Å². The zero-order valence-corrected chi connectivity index (χ0v) is 24.4. The van der Waals surface area contributed by atoms with Gasteiger partial charge in [-0.1, -0.05) is 36.8 Å². The number of hydrogen-bond acceptors (Lipinski definition) is 7. The van der Waals surface area contributed by atoms with E-state index in [0.29, 0.717) is 55.1 Å². The summed E-state index contributed by atoms with van der Waals surface area (Å²) in [5.74, 6) is -0.224. The normalized spacial score (nSPS) is 14.6. The Kier molecular flexibility index (Phi) is 10.3. The molecular weight excluding hydrogens is 555 g/mol. The number of carbonyl (C=O) groups is 1. The van der Waals surface area contributed by atoms with Gasteiger partial charge in [0.1, 0.15) is 0 Å². The van der Waals surface area contributed by atoms with Crippen LogP contribution in [0.25, 0.3) is 10.2 Å². The molecular formula is C25H32Cl2N4O4S2. The van der Waals surface area contributed by atoms with E-state index in [1.807, 2.05) is 19.1 Å². The topological polar surface area (TPSA) is 83.1 Å². The number of hydrogen-bond donors (Lipinski definition) is 0. The molecule has 2 heterocycles. The van der Waals surface area contributed by atoms with Crippen LogP contribution in [0.1, 0.15) is 29.8 Å². The number of amides is 1. The zero-order valence-electron chi connectivity index (χ0n) is 21.1. The third-order valence-corrected chi connectivity index (χ3v) is 9.61. The number of sulfonamides is 1. The number of nitrogens with zero attached hydrogens (tertiary/aromatic N) is 4. The summed E-state index contributed by atoms with van der Waals surface area (Å²) in [7, 11) is -3.60. The van der Waals surface area contributed by atoms with Gasteiger partial charge in [0.2, 0.25) is 10.0 Å². The van der Waals surface area contributed by atoms with Gasteiger partial charge in [-0.3, -0.25) is 14.6 Å². The molecule has 1 aromatic heterocycles. The van der Waals surface area contributed by atoms with Crippen LogP contribution in [0.3, 0.4) is 0 Å². The molecule has 1 amide bonds. The van der Waals surface area contributed by atoms with Crippen LogP contribution in [-0.4, -0.2) is 81.0 Å². The molecule has 0 radical (unpaired) electrons. The van der Waals surface area contributed by atoms with Crippen LogP contribution in [0.2, 0.25) is 5.02 Å². The van der Waals surface area contributed by atoms with Crippen LogP contribution in [0, 0.1) is 6.92 Å². The minimum atomic E-state index is -3.60. The molecule has 0 saturated carbocycles. The van der Waals surface area contributed by atoms with Gasteiger partial charge >= 0.3 is 0 Å². The minimum Gasteiger partial charge on any atom is -0.379 e. The molecule has 12 heteroatoms. The SMILES string of the molecule is CCN(CC)S(=O)(=O)c1ccc(C(=O)N(CCN2CCOCC2)c2nc3c(C)cc(Cl)cc3s2)cc1.Cl. The Morgan fingerprint density at radius 2 is 1.78 bits per heavy atom. The number of anilines is 1. The molecule has 37 heavy (non-hydrogen) atoms. The van der Waals surface area contributed by atoms with Gasteiger partial charge in [0, 0.05) is 49.9 Å². The van der Waals surface area contributed by atoms with E-state index in [-0.39, 0.29) is 23.2 Å². The lowest BCUT2D eigenvalue weighted by molar-refractivity contribution is 0.0391. The molecule has 0 aliphatic carbocycles. The van der Waals surface area contributed by atoms with Crippen LogP contribution < -0.4 is 4.90 Å². The van der Waals surface area contributed by atoms with Gasteiger partial charge in [-0.2, -0.15) is 4.31 Å². The van der Waals surface area contributed by atoms with Crippen molar-refractivity contribution in [3.63, 3.8) is 0 Å². The van der Waals surface area contributed by atoms with Crippen molar-refractivity contribution in [3.8, 4) is 0 Å². The predicted molar refractivity (Wildman–Crippen MR) is 152 cm³/mol. The number of halogens is 2. The molecule has 1 saturated heterocycles. The lowest BCUT2D eigenvalue weighted by Crippen LogP contribution is -2.43. The molecule has 1 aliphatic rings. The highest BCUT2D eigenvalue weighted by molar-refractivity contribution is 7.89. The highest BCUT2D eigenvalue weighted by Crippen LogP contribution is 2.33. The highest BCUT2D eigenvalue weighted by atomic mass is 35.5. The fraction of sp³-hybridized carbons (Fsp3) is 0.440. The largest absolute Gasteiger partial charge is 0.379 e. The molecule has 8 nitrogen and oxygen atoms in total. The quantitative estimate of drug-likeness (QED) is 0.362. The van der Waals surface area contributed by atoms with E-state index in [0.717, 1.165) is 28.9 Å². The van der Waals surface area contributed by atoms with Crippen molar-refractivity contribution in [3.05, 3.63) is 52.5 Å². The summed E-state index contributed by atoms with van der Waals surface area (Å²) >= 11 is 7.68. The van der Waals surface area contributed by atoms with E-state index in [2.05, 4.69) is 4.90 Å². The van der Waals surface area contributed by atoms with E-state index in [1.54, 1.807) is 30.9 Å². The number of aryl methyl sites for hydroxylation is 1. The molecule has 1 aliphatic heterocycles. The standard InChI is InChI=1S/C25H31ClN4O4S2.ClH/c1-4-29(5-2)36(32,33)21-8-6-19(7-9-21)24(31)30(11-10-28-12-14-34-15-13-28)25-27-23-18(3)16-20(26)17-22(23)35-25;/h6-9,16-17H,4-5,10-15H2,1-3H3;1H. The van der Waals surface area contributed by atoms with Crippen LogP contribution in [0.15, 0.2) is 41.3 Å². The highest BCUT2D eigenvalue weighted by Gasteiger charge is 2.25. The zero-order chi connectivity index (χ0) is 25.9. The van der Waals surface area contributed by atoms with Crippen LogP contribution in [0.4, 0.5) is 5.13 Å². The second-order valence-corrected chi connectivity index (χ2v) is 12.0. The summed E-state index contributed by atoms with van der Waals surface area (Å²) in [5, 5.41) is 1.22. The van der Waals surface area contributed by atoms with Crippen molar-refractivity contribution in [1.82, 2.24) is 14.2 Å². The van der Waals surface area contributed by atoms with Crippen LogP contribution >= 0.6 is 35.3 Å². The van der Waals surface area contributed by atoms with Crippen molar-refractivity contribution >= 4 is 66.6 Å². The Balaban J connectivity index is 0.00000380. The van der Waals surface area contributed by atoms with E-state index >= 15 is 0 Å². The van der Waals surface area contributed by atoms with Crippen molar-refractivity contribution in [2.45, 2.75) is 25.7 Å². The Morgan fingerprint density at radius 3 is 2.41 bits per heavy atom. The van der Waals surface area contributed by atoms with Crippen molar-refractivity contribution in [2.75, 3.05) is 57.4 Å². The summed E-state index contributed by atoms with van der Waals surface area (Å²) in [5.41, 5.74) is 2.18. The maximum absolute atomic E-state index is 13.7. The molecule has 0 bridgehead atoms. The summed E-state index contributed by atoms with van der Waals surface area (Å²) in [6.45, 7) is 10.4. The fourth-order valence-corrected chi connectivity index (χ4v) is 7.15. The third-order valence-electron chi connectivity index (χ3n) is 6.30. The lowest BCUT2D eigenvalue weighted by atomic mass is 10.2. The smallest absolute Gasteiger partial charge is 0.260 e. The average Bonchev–Trinajstić information content (AvgIpc) is 3.29. The first-order valence-electron chi connectivity index (χ1n) is 12.0. The number of thiazole rings is 1. The predicted octanol–water partition coefficient (Wildman–Crippen LogP) is 4.69. The Bertz CT molecular complexity index is 1320. The summed E-state index contributed by atoms with van der Waals surface area (Å²) in [4.78, 5) is 22.6. The van der Waals surface area contributed by atoms with Gasteiger partial charge in [-0.25, -0.2) is 13.4 Å². The van der Waals surface area contributed by atoms with Gasteiger partial charge < -0.3 is 4.74 Å². The monoisotopic (exact) mass is 586 g/mol.